The lowest BCUT2D eigenvalue weighted by molar-refractivity contribution is -0.484. The summed E-state index contributed by atoms with van der Waals surface area (Å²) in [5, 5.41) is 12.0. The predicted octanol–water partition coefficient (Wildman–Crippen LogP) is 3.90. The molecule has 0 amide bonds. The molecule has 3 rings (SSSR count). The Hall–Kier alpha value is -2.73. The molecular formula is C20H19ClN2O4. The maximum atomic E-state index is 12.8. The molecule has 27 heavy (non-hydrogen) atoms. The highest BCUT2D eigenvalue weighted by Gasteiger charge is 2.52. The average Bonchev–Trinajstić information content (AvgIpc) is 3.13. The number of halogens is 1. The largest absolute Gasteiger partial charge is 0.467 e. The molecular weight excluding hydrogens is 368 g/mol. The molecule has 0 aliphatic carbocycles. The Morgan fingerprint density at radius 1 is 1.26 bits per heavy atom. The van der Waals surface area contributed by atoms with Crippen LogP contribution in [0.15, 0.2) is 59.6 Å². The lowest BCUT2D eigenvalue weighted by Crippen LogP contribution is -2.44. The van der Waals surface area contributed by atoms with E-state index in [-0.39, 0.29) is 0 Å². The number of carbonyl (C=O) groups excluding carboxylic acids is 1. The van der Waals surface area contributed by atoms with Crippen molar-refractivity contribution in [2.45, 2.75) is 24.3 Å². The third kappa shape index (κ3) is 3.85. The highest BCUT2D eigenvalue weighted by atomic mass is 35.5. The van der Waals surface area contributed by atoms with Crippen LogP contribution in [0.5, 0.6) is 0 Å². The topological polar surface area (TPSA) is 81.8 Å². The van der Waals surface area contributed by atoms with Crippen LogP contribution < -0.4 is 0 Å². The lowest BCUT2D eigenvalue weighted by Gasteiger charge is -2.30. The molecule has 0 spiro atoms. The highest BCUT2D eigenvalue weighted by molar-refractivity contribution is 6.30. The summed E-state index contributed by atoms with van der Waals surface area (Å²) in [6.07, 6.45) is 0.878. The lowest BCUT2D eigenvalue weighted by atomic mass is 9.77. The fraction of sp³-hybridized carbons (Fsp3) is 0.300. The van der Waals surface area contributed by atoms with Gasteiger partial charge in [-0.25, -0.2) is 4.79 Å². The monoisotopic (exact) mass is 386 g/mol. The third-order valence-electron chi connectivity index (χ3n) is 4.90. The van der Waals surface area contributed by atoms with E-state index in [0.29, 0.717) is 23.4 Å². The molecule has 0 saturated heterocycles. The van der Waals surface area contributed by atoms with Gasteiger partial charge in [-0.1, -0.05) is 54.1 Å². The number of hydrogen-bond acceptors (Lipinski definition) is 5. The van der Waals surface area contributed by atoms with Crippen LogP contribution >= 0.6 is 11.6 Å². The second kappa shape index (κ2) is 7.88. The highest BCUT2D eigenvalue weighted by Crippen LogP contribution is 2.42. The Kier molecular flexibility index (Phi) is 5.56. The van der Waals surface area contributed by atoms with Gasteiger partial charge in [0.25, 0.3) is 0 Å². The minimum Gasteiger partial charge on any atom is -0.467 e. The van der Waals surface area contributed by atoms with Gasteiger partial charge >= 0.3 is 5.97 Å². The molecule has 2 aromatic carbocycles. The Balaban J connectivity index is 2.10. The molecule has 0 radical (unpaired) electrons. The summed E-state index contributed by atoms with van der Waals surface area (Å²) in [5.74, 6) is -1.27. The van der Waals surface area contributed by atoms with E-state index in [0.717, 1.165) is 11.3 Å². The minimum atomic E-state index is -1.32. The summed E-state index contributed by atoms with van der Waals surface area (Å²) >= 11 is 5.95. The van der Waals surface area contributed by atoms with Crippen LogP contribution in [-0.4, -0.2) is 35.8 Å². The number of hydrogen-bond donors (Lipinski definition) is 0. The van der Waals surface area contributed by atoms with Crippen molar-refractivity contribution >= 4 is 23.3 Å². The second-order valence-corrected chi connectivity index (χ2v) is 6.90. The van der Waals surface area contributed by atoms with Crippen LogP contribution in [0.1, 0.15) is 29.9 Å². The molecule has 0 unspecified atom stereocenters. The second-order valence-electron chi connectivity index (χ2n) is 6.46. The molecule has 2 atom stereocenters. The number of esters is 1. The quantitative estimate of drug-likeness (QED) is 0.428. The number of carbonyl (C=O) groups is 1. The summed E-state index contributed by atoms with van der Waals surface area (Å²) in [4.78, 5) is 28.5. The molecule has 0 aromatic heterocycles. The van der Waals surface area contributed by atoms with Gasteiger partial charge in [-0.05, 0) is 36.1 Å². The number of benzene rings is 2. The van der Waals surface area contributed by atoms with Crippen molar-refractivity contribution in [1.82, 2.24) is 0 Å². The van der Waals surface area contributed by atoms with Gasteiger partial charge in [-0.15, -0.1) is 0 Å². The van der Waals surface area contributed by atoms with E-state index >= 15 is 0 Å². The van der Waals surface area contributed by atoms with Gasteiger partial charge in [-0.3, -0.25) is 15.1 Å². The van der Waals surface area contributed by atoms with Crippen molar-refractivity contribution in [2.24, 2.45) is 4.99 Å². The van der Waals surface area contributed by atoms with Crippen LogP contribution in [0.25, 0.3) is 0 Å². The van der Waals surface area contributed by atoms with Crippen molar-refractivity contribution in [3.63, 3.8) is 0 Å². The van der Waals surface area contributed by atoms with Crippen molar-refractivity contribution in [3.05, 3.63) is 80.9 Å². The van der Waals surface area contributed by atoms with E-state index in [4.69, 9.17) is 21.3 Å². The van der Waals surface area contributed by atoms with E-state index in [1.165, 1.54) is 7.11 Å². The van der Waals surface area contributed by atoms with E-state index in [9.17, 15) is 14.9 Å². The molecule has 1 aliphatic heterocycles. The number of rotatable bonds is 6. The normalized spacial score (nSPS) is 20.0. The zero-order valence-electron chi connectivity index (χ0n) is 14.8. The van der Waals surface area contributed by atoms with Gasteiger partial charge in [-0.2, -0.15) is 0 Å². The van der Waals surface area contributed by atoms with Crippen molar-refractivity contribution in [1.29, 1.82) is 0 Å². The van der Waals surface area contributed by atoms with Gasteiger partial charge in [0, 0.05) is 15.7 Å². The first kappa shape index (κ1) is 19.0. The number of aliphatic imine (C=N–C) groups is 1. The van der Waals surface area contributed by atoms with Crippen molar-refractivity contribution < 1.29 is 14.5 Å². The van der Waals surface area contributed by atoms with Crippen molar-refractivity contribution in [3.8, 4) is 0 Å². The summed E-state index contributed by atoms with van der Waals surface area (Å²) in [5.41, 5.74) is 0.943. The van der Waals surface area contributed by atoms with Crippen LogP contribution in [0, 0.1) is 10.1 Å². The Bertz CT molecular complexity index is 867. The number of methoxy groups -OCH3 is 1. The molecule has 0 bridgehead atoms. The summed E-state index contributed by atoms with van der Waals surface area (Å²) in [6, 6.07) is 16.2. The summed E-state index contributed by atoms with van der Waals surface area (Å²) < 4.78 is 5.04. The van der Waals surface area contributed by atoms with Crippen LogP contribution in [0.4, 0.5) is 0 Å². The van der Waals surface area contributed by atoms with E-state index in [1.807, 2.05) is 18.2 Å². The molecule has 1 heterocycles. The zero-order valence-corrected chi connectivity index (χ0v) is 15.6. The first-order chi connectivity index (χ1) is 13.0. The zero-order chi connectivity index (χ0) is 19.4. The van der Waals surface area contributed by atoms with E-state index in [2.05, 4.69) is 0 Å². The SMILES string of the molecule is COC(=O)[C@@]1([C@@H](C[N+](=O)[O-])c2ccccc2)CCC(c2ccc(Cl)cc2)=N1. The first-order valence-corrected chi connectivity index (χ1v) is 8.94. The summed E-state index contributed by atoms with van der Waals surface area (Å²) in [7, 11) is 1.29. The smallest absolute Gasteiger partial charge is 0.334 e. The maximum Gasteiger partial charge on any atom is 0.334 e. The van der Waals surface area contributed by atoms with Gasteiger partial charge in [0.05, 0.1) is 13.0 Å². The fourth-order valence-corrected chi connectivity index (χ4v) is 3.72. The molecule has 2 aromatic rings. The fourth-order valence-electron chi connectivity index (χ4n) is 3.60. The third-order valence-corrected chi connectivity index (χ3v) is 5.16. The number of ether oxygens (including phenoxy) is 1. The molecule has 1 aliphatic rings. The van der Waals surface area contributed by atoms with Gasteiger partial charge < -0.3 is 4.74 Å². The Labute approximate surface area is 162 Å². The predicted molar refractivity (Wildman–Crippen MR) is 103 cm³/mol. The molecule has 6 nitrogen and oxygen atoms in total. The van der Waals surface area contributed by atoms with Crippen LogP contribution in [0.3, 0.4) is 0 Å². The molecule has 7 heteroatoms. The average molecular weight is 387 g/mol. The standard InChI is InChI=1S/C20H19ClN2O4/c1-27-19(24)20(17(13-23(25)26)14-5-3-2-4-6-14)12-11-18(22-20)15-7-9-16(21)10-8-15/h2-10,17H,11-13H2,1H3/t17-,20-/m0/s1. The Morgan fingerprint density at radius 2 is 1.93 bits per heavy atom. The van der Waals surface area contributed by atoms with E-state index in [1.54, 1.807) is 36.4 Å². The minimum absolute atomic E-state index is 0.352. The Morgan fingerprint density at radius 3 is 2.52 bits per heavy atom. The summed E-state index contributed by atoms with van der Waals surface area (Å²) in [6.45, 7) is -0.406. The number of nitrogens with zero attached hydrogens (tertiary/aromatic N) is 2. The van der Waals surface area contributed by atoms with Crippen LogP contribution in [-0.2, 0) is 9.53 Å². The van der Waals surface area contributed by atoms with Gasteiger partial charge in [0.1, 0.15) is 0 Å². The molecule has 0 saturated carbocycles. The molecule has 0 fully saturated rings. The number of nitro groups is 1. The first-order valence-electron chi connectivity index (χ1n) is 8.56. The molecule has 140 valence electrons. The van der Waals surface area contributed by atoms with Gasteiger partial charge in [0.2, 0.25) is 6.54 Å². The maximum absolute atomic E-state index is 12.8. The molecule has 0 N–H and O–H groups in total. The van der Waals surface area contributed by atoms with Crippen molar-refractivity contribution in [2.75, 3.05) is 13.7 Å². The van der Waals surface area contributed by atoms with Gasteiger partial charge in [0.15, 0.2) is 5.54 Å². The van der Waals surface area contributed by atoms with E-state index < -0.39 is 28.9 Å². The van der Waals surface area contributed by atoms with Crippen LogP contribution in [0.2, 0.25) is 5.02 Å².